The van der Waals surface area contributed by atoms with Crippen molar-refractivity contribution in [3.05, 3.63) is 33.3 Å². The monoisotopic (exact) mass is 358 g/mol. The zero-order chi connectivity index (χ0) is 14.8. The highest BCUT2D eigenvalue weighted by Crippen LogP contribution is 2.29. The molecular weight excluding hydrogens is 340 g/mol. The van der Waals surface area contributed by atoms with Crippen molar-refractivity contribution >= 4 is 33.4 Å². The predicted octanol–water partition coefficient (Wildman–Crippen LogP) is 3.56. The minimum absolute atomic E-state index is 0.101. The molecule has 0 aliphatic carbocycles. The first-order valence-corrected chi connectivity index (χ1v) is 7.98. The molecule has 0 saturated carbocycles. The summed E-state index contributed by atoms with van der Waals surface area (Å²) in [5, 5.41) is 3.51. The van der Waals surface area contributed by atoms with Crippen LogP contribution in [-0.4, -0.2) is 37.5 Å². The molecule has 0 spiro atoms. The van der Waals surface area contributed by atoms with Gasteiger partial charge >= 0.3 is 0 Å². The van der Waals surface area contributed by atoms with E-state index in [1.165, 1.54) is 0 Å². The SMILES string of the molecule is CN1CCC(C)(CNC(=O)c2cc(Br)ccc2Cl)CC1. The van der Waals surface area contributed by atoms with Gasteiger partial charge in [0.2, 0.25) is 0 Å². The Hall–Kier alpha value is -0.580. The highest BCUT2D eigenvalue weighted by molar-refractivity contribution is 9.10. The molecule has 0 radical (unpaired) electrons. The first-order valence-electron chi connectivity index (χ1n) is 6.81. The van der Waals surface area contributed by atoms with Crippen LogP contribution >= 0.6 is 27.5 Å². The van der Waals surface area contributed by atoms with Crippen LogP contribution in [0.2, 0.25) is 5.02 Å². The van der Waals surface area contributed by atoms with Crippen LogP contribution in [0.3, 0.4) is 0 Å². The van der Waals surface area contributed by atoms with Crippen LogP contribution in [0.25, 0.3) is 0 Å². The number of hydrogen-bond acceptors (Lipinski definition) is 2. The van der Waals surface area contributed by atoms with Gasteiger partial charge in [-0.15, -0.1) is 0 Å². The molecule has 1 aromatic rings. The van der Waals surface area contributed by atoms with Crippen molar-refractivity contribution < 1.29 is 4.79 Å². The summed E-state index contributed by atoms with van der Waals surface area (Å²) in [6.45, 7) is 5.11. The van der Waals surface area contributed by atoms with Gasteiger partial charge in [0.25, 0.3) is 5.91 Å². The fourth-order valence-corrected chi connectivity index (χ4v) is 2.96. The van der Waals surface area contributed by atoms with Crippen molar-refractivity contribution in [2.45, 2.75) is 19.8 Å². The number of carbonyl (C=O) groups is 1. The molecule has 20 heavy (non-hydrogen) atoms. The van der Waals surface area contributed by atoms with Crippen LogP contribution in [0.15, 0.2) is 22.7 Å². The maximum Gasteiger partial charge on any atom is 0.252 e. The lowest BCUT2D eigenvalue weighted by Gasteiger charge is -2.38. The fourth-order valence-electron chi connectivity index (χ4n) is 2.40. The average molecular weight is 360 g/mol. The molecule has 2 rings (SSSR count). The number of piperidine rings is 1. The van der Waals surface area contributed by atoms with E-state index < -0.39 is 0 Å². The van der Waals surface area contributed by atoms with Crippen molar-refractivity contribution in [2.75, 3.05) is 26.7 Å². The van der Waals surface area contributed by atoms with E-state index in [0.29, 0.717) is 17.1 Å². The summed E-state index contributed by atoms with van der Waals surface area (Å²) in [5.41, 5.74) is 0.707. The van der Waals surface area contributed by atoms with Crippen LogP contribution < -0.4 is 5.32 Å². The first kappa shape index (κ1) is 15.8. The second-order valence-corrected chi connectivity index (χ2v) is 7.24. The first-order chi connectivity index (χ1) is 9.39. The lowest BCUT2D eigenvalue weighted by molar-refractivity contribution is 0.0891. The number of carbonyl (C=O) groups excluding carboxylic acids is 1. The maximum absolute atomic E-state index is 12.2. The smallest absolute Gasteiger partial charge is 0.252 e. The van der Waals surface area contributed by atoms with Gasteiger partial charge in [-0.05, 0) is 56.6 Å². The zero-order valence-corrected chi connectivity index (χ0v) is 14.2. The van der Waals surface area contributed by atoms with Crippen LogP contribution in [-0.2, 0) is 0 Å². The molecule has 1 aromatic carbocycles. The molecule has 1 aliphatic heterocycles. The van der Waals surface area contributed by atoms with Gasteiger partial charge in [-0.3, -0.25) is 4.79 Å². The summed E-state index contributed by atoms with van der Waals surface area (Å²) in [5.74, 6) is -0.101. The lowest BCUT2D eigenvalue weighted by Crippen LogP contribution is -2.43. The highest BCUT2D eigenvalue weighted by atomic mass is 79.9. The molecule has 1 heterocycles. The molecule has 1 N–H and O–H groups in total. The van der Waals surface area contributed by atoms with E-state index in [9.17, 15) is 4.79 Å². The fraction of sp³-hybridized carbons (Fsp3) is 0.533. The number of halogens is 2. The van der Waals surface area contributed by atoms with Crippen LogP contribution in [0.1, 0.15) is 30.1 Å². The molecule has 1 amide bonds. The summed E-state index contributed by atoms with van der Waals surface area (Å²) < 4.78 is 0.859. The van der Waals surface area contributed by atoms with Crippen molar-refractivity contribution in [3.8, 4) is 0 Å². The predicted molar refractivity (Wildman–Crippen MR) is 86.3 cm³/mol. The summed E-state index contributed by atoms with van der Waals surface area (Å²) >= 11 is 9.44. The largest absolute Gasteiger partial charge is 0.351 e. The van der Waals surface area contributed by atoms with Gasteiger partial charge in [0.15, 0.2) is 0 Å². The molecule has 0 unspecified atom stereocenters. The van der Waals surface area contributed by atoms with Gasteiger partial charge in [-0.2, -0.15) is 0 Å². The third-order valence-corrected chi connectivity index (χ3v) is 4.87. The highest BCUT2D eigenvalue weighted by Gasteiger charge is 2.29. The molecule has 1 saturated heterocycles. The van der Waals surface area contributed by atoms with Gasteiger partial charge in [0.1, 0.15) is 0 Å². The number of amides is 1. The summed E-state index contributed by atoms with van der Waals surface area (Å²) in [6.07, 6.45) is 2.21. The van der Waals surface area contributed by atoms with Crippen molar-refractivity contribution in [2.24, 2.45) is 5.41 Å². The molecule has 1 fully saturated rings. The van der Waals surface area contributed by atoms with Crippen LogP contribution in [0, 0.1) is 5.41 Å². The minimum atomic E-state index is -0.101. The third kappa shape index (κ3) is 3.96. The quantitative estimate of drug-likeness (QED) is 0.895. The molecule has 110 valence electrons. The Kier molecular flexibility index (Phi) is 5.10. The third-order valence-electron chi connectivity index (χ3n) is 4.04. The topological polar surface area (TPSA) is 32.3 Å². The molecule has 1 aliphatic rings. The molecule has 3 nitrogen and oxygen atoms in total. The number of benzene rings is 1. The molecule has 0 aromatic heterocycles. The van der Waals surface area contributed by atoms with E-state index in [2.05, 4.69) is 40.1 Å². The molecule has 0 bridgehead atoms. The van der Waals surface area contributed by atoms with E-state index in [1.807, 2.05) is 6.07 Å². The Morgan fingerprint density at radius 3 is 2.75 bits per heavy atom. The minimum Gasteiger partial charge on any atom is -0.351 e. The second kappa shape index (κ2) is 6.46. The second-order valence-electron chi connectivity index (χ2n) is 5.92. The Bertz CT molecular complexity index is 499. The van der Waals surface area contributed by atoms with Gasteiger partial charge < -0.3 is 10.2 Å². The van der Waals surface area contributed by atoms with E-state index in [1.54, 1.807) is 12.1 Å². The van der Waals surface area contributed by atoms with Gasteiger partial charge in [0, 0.05) is 11.0 Å². The van der Waals surface area contributed by atoms with Crippen molar-refractivity contribution in [3.63, 3.8) is 0 Å². The van der Waals surface area contributed by atoms with E-state index in [0.717, 1.165) is 30.4 Å². The van der Waals surface area contributed by atoms with Crippen LogP contribution in [0.5, 0.6) is 0 Å². The number of nitrogens with one attached hydrogen (secondary N) is 1. The average Bonchev–Trinajstić information content (AvgIpc) is 2.43. The van der Waals surface area contributed by atoms with E-state index in [-0.39, 0.29) is 11.3 Å². The zero-order valence-electron chi connectivity index (χ0n) is 11.9. The number of hydrogen-bond donors (Lipinski definition) is 1. The summed E-state index contributed by atoms with van der Waals surface area (Å²) in [6, 6.07) is 5.32. The van der Waals surface area contributed by atoms with Crippen molar-refractivity contribution in [1.82, 2.24) is 10.2 Å². The lowest BCUT2D eigenvalue weighted by atomic mass is 9.80. The molecule has 5 heteroatoms. The van der Waals surface area contributed by atoms with Gasteiger partial charge in [0.05, 0.1) is 10.6 Å². The number of rotatable bonds is 3. The Morgan fingerprint density at radius 2 is 2.10 bits per heavy atom. The maximum atomic E-state index is 12.2. The van der Waals surface area contributed by atoms with Gasteiger partial charge in [-0.25, -0.2) is 0 Å². The van der Waals surface area contributed by atoms with E-state index >= 15 is 0 Å². The number of nitrogens with zero attached hydrogens (tertiary/aromatic N) is 1. The van der Waals surface area contributed by atoms with Crippen molar-refractivity contribution in [1.29, 1.82) is 0 Å². The Balaban J connectivity index is 1.97. The number of likely N-dealkylation sites (tertiary alicyclic amines) is 1. The Labute approximate surface area is 133 Å². The molecule has 0 atom stereocenters. The Morgan fingerprint density at radius 1 is 1.45 bits per heavy atom. The van der Waals surface area contributed by atoms with Gasteiger partial charge in [-0.1, -0.05) is 34.5 Å². The summed E-state index contributed by atoms with van der Waals surface area (Å²) in [4.78, 5) is 14.6. The molecular formula is C15H20BrClN2O. The normalized spacial score (nSPS) is 18.8. The summed E-state index contributed by atoms with van der Waals surface area (Å²) in [7, 11) is 2.14. The van der Waals surface area contributed by atoms with Crippen LogP contribution in [0.4, 0.5) is 0 Å². The van der Waals surface area contributed by atoms with E-state index in [4.69, 9.17) is 11.6 Å². The standard InChI is InChI=1S/C15H20BrClN2O/c1-15(5-7-19(2)8-6-15)10-18-14(20)12-9-11(16)3-4-13(12)17/h3-4,9H,5-8,10H2,1-2H3,(H,18,20).